The molecule has 144 valence electrons. The van der Waals surface area contributed by atoms with E-state index in [1.807, 2.05) is 13.0 Å². The number of thiophene rings is 1. The summed E-state index contributed by atoms with van der Waals surface area (Å²) < 4.78 is 32.4. The molecule has 1 aromatic carbocycles. The number of hydrogen-bond acceptors (Lipinski definition) is 6. The molecule has 27 heavy (non-hydrogen) atoms. The number of aryl methyl sites for hydroxylation is 1. The minimum Gasteiger partial charge on any atom is -0.492 e. The van der Waals surface area contributed by atoms with Crippen molar-refractivity contribution >= 4 is 31.6 Å². The standard InChI is InChI=1S/C18H21N3O4S2/c1-4-14-11-16-17(26-14)19-12-21(18(16)22)9-10-25-13-5-7-15(8-6-13)27(23,24)20(2)3/h5-8,11-12H,4,9-10H2,1-3H3. The normalized spacial score (nSPS) is 12.0. The minimum absolute atomic E-state index is 0.0769. The van der Waals surface area contributed by atoms with E-state index in [4.69, 9.17) is 4.74 Å². The number of rotatable bonds is 7. The molecule has 0 atom stereocenters. The number of hydrogen-bond donors (Lipinski definition) is 0. The fraction of sp³-hybridized carbons (Fsp3) is 0.333. The van der Waals surface area contributed by atoms with E-state index in [-0.39, 0.29) is 17.1 Å². The smallest absolute Gasteiger partial charge is 0.262 e. The molecule has 0 bridgehead atoms. The van der Waals surface area contributed by atoms with E-state index in [0.717, 1.165) is 20.4 Å². The first-order chi connectivity index (χ1) is 12.8. The zero-order valence-electron chi connectivity index (χ0n) is 15.4. The third kappa shape index (κ3) is 4.05. The highest BCUT2D eigenvalue weighted by atomic mass is 32.2. The molecule has 0 unspecified atom stereocenters. The Balaban J connectivity index is 1.67. The van der Waals surface area contributed by atoms with Gasteiger partial charge in [0.2, 0.25) is 10.0 Å². The first-order valence-corrected chi connectivity index (χ1v) is 10.7. The van der Waals surface area contributed by atoms with Crippen LogP contribution in [0.1, 0.15) is 11.8 Å². The number of aromatic nitrogens is 2. The molecule has 7 nitrogen and oxygen atoms in total. The van der Waals surface area contributed by atoms with Gasteiger partial charge in [-0.1, -0.05) is 6.92 Å². The quantitative estimate of drug-likeness (QED) is 0.600. The SMILES string of the molecule is CCc1cc2c(=O)n(CCOc3ccc(S(=O)(=O)N(C)C)cc3)cnc2s1. The number of fused-ring (bicyclic) bond motifs is 1. The molecule has 0 N–H and O–H groups in total. The Kier molecular flexibility index (Phi) is 5.64. The van der Waals surface area contributed by atoms with Crippen molar-refractivity contribution < 1.29 is 13.2 Å². The van der Waals surface area contributed by atoms with E-state index >= 15 is 0 Å². The van der Waals surface area contributed by atoms with Crippen molar-refractivity contribution in [3.63, 3.8) is 0 Å². The molecule has 0 saturated heterocycles. The Morgan fingerprint density at radius 1 is 1.22 bits per heavy atom. The summed E-state index contributed by atoms with van der Waals surface area (Å²) in [4.78, 5) is 19.0. The van der Waals surface area contributed by atoms with Gasteiger partial charge in [-0.05, 0) is 36.8 Å². The molecular formula is C18H21N3O4S2. The third-order valence-corrected chi connectivity index (χ3v) is 7.14. The maximum atomic E-state index is 12.5. The van der Waals surface area contributed by atoms with Crippen LogP contribution in [0.2, 0.25) is 0 Å². The minimum atomic E-state index is -3.46. The Labute approximate surface area is 161 Å². The lowest BCUT2D eigenvalue weighted by atomic mass is 10.3. The molecule has 3 rings (SSSR count). The van der Waals surface area contributed by atoms with Crippen LogP contribution in [0.4, 0.5) is 0 Å². The van der Waals surface area contributed by atoms with E-state index in [1.165, 1.54) is 48.5 Å². The predicted molar refractivity (Wildman–Crippen MR) is 106 cm³/mol. The van der Waals surface area contributed by atoms with Crippen LogP contribution >= 0.6 is 11.3 Å². The Bertz CT molecular complexity index is 1100. The third-order valence-electron chi connectivity index (χ3n) is 4.12. The van der Waals surface area contributed by atoms with Gasteiger partial charge in [0.05, 0.1) is 23.2 Å². The molecule has 9 heteroatoms. The van der Waals surface area contributed by atoms with E-state index in [9.17, 15) is 13.2 Å². The lowest BCUT2D eigenvalue weighted by Crippen LogP contribution is -2.23. The monoisotopic (exact) mass is 407 g/mol. The lowest BCUT2D eigenvalue weighted by Gasteiger charge is -2.12. The number of sulfonamides is 1. The molecule has 0 aliphatic carbocycles. The van der Waals surface area contributed by atoms with Crippen molar-refractivity contribution in [2.24, 2.45) is 0 Å². The Hall–Kier alpha value is -2.23. The fourth-order valence-electron chi connectivity index (χ4n) is 2.52. The molecular weight excluding hydrogens is 386 g/mol. The Morgan fingerprint density at radius 2 is 1.93 bits per heavy atom. The molecule has 0 spiro atoms. The van der Waals surface area contributed by atoms with Gasteiger partial charge in [0.15, 0.2) is 0 Å². The predicted octanol–water partition coefficient (Wildman–Crippen LogP) is 2.35. The highest BCUT2D eigenvalue weighted by Crippen LogP contribution is 2.21. The molecule has 0 aliphatic rings. The molecule has 0 aliphatic heterocycles. The Morgan fingerprint density at radius 3 is 2.56 bits per heavy atom. The zero-order valence-corrected chi connectivity index (χ0v) is 17.0. The highest BCUT2D eigenvalue weighted by molar-refractivity contribution is 7.89. The van der Waals surface area contributed by atoms with Gasteiger partial charge >= 0.3 is 0 Å². The second kappa shape index (κ2) is 7.79. The van der Waals surface area contributed by atoms with Crippen molar-refractivity contribution in [2.75, 3.05) is 20.7 Å². The van der Waals surface area contributed by atoms with Crippen LogP contribution < -0.4 is 10.3 Å². The van der Waals surface area contributed by atoms with E-state index in [2.05, 4.69) is 4.98 Å². The van der Waals surface area contributed by atoms with Crippen molar-refractivity contribution in [2.45, 2.75) is 24.8 Å². The van der Waals surface area contributed by atoms with Crippen molar-refractivity contribution in [3.05, 3.63) is 51.9 Å². The fourth-order valence-corrected chi connectivity index (χ4v) is 4.35. The van der Waals surface area contributed by atoms with Crippen molar-refractivity contribution in [1.29, 1.82) is 0 Å². The van der Waals surface area contributed by atoms with Crippen LogP contribution in [0.25, 0.3) is 10.2 Å². The van der Waals surface area contributed by atoms with Crippen molar-refractivity contribution in [3.8, 4) is 5.75 Å². The van der Waals surface area contributed by atoms with Gasteiger partial charge < -0.3 is 4.74 Å². The maximum Gasteiger partial charge on any atom is 0.262 e. The van der Waals surface area contributed by atoms with Crippen LogP contribution in [0.15, 0.2) is 46.3 Å². The van der Waals surface area contributed by atoms with Gasteiger partial charge in [-0.2, -0.15) is 0 Å². The average Bonchev–Trinajstić information content (AvgIpc) is 3.08. The molecule has 2 aromatic heterocycles. The summed E-state index contributed by atoms with van der Waals surface area (Å²) in [6.07, 6.45) is 2.42. The second-order valence-electron chi connectivity index (χ2n) is 6.14. The van der Waals surface area contributed by atoms with Gasteiger partial charge in [-0.15, -0.1) is 11.3 Å². The molecule has 2 heterocycles. The van der Waals surface area contributed by atoms with Crippen LogP contribution in [-0.2, 0) is 23.0 Å². The van der Waals surface area contributed by atoms with Crippen LogP contribution in [0.3, 0.4) is 0 Å². The number of ether oxygens (including phenoxy) is 1. The molecule has 0 saturated carbocycles. The zero-order chi connectivity index (χ0) is 19.6. The van der Waals surface area contributed by atoms with Gasteiger partial charge in [-0.3, -0.25) is 9.36 Å². The largest absolute Gasteiger partial charge is 0.492 e. The molecule has 0 amide bonds. The summed E-state index contributed by atoms with van der Waals surface area (Å²) in [5, 5.41) is 0.637. The number of benzene rings is 1. The molecule has 0 radical (unpaired) electrons. The van der Waals surface area contributed by atoms with Gasteiger partial charge in [-0.25, -0.2) is 17.7 Å². The first-order valence-electron chi connectivity index (χ1n) is 8.46. The molecule has 0 fully saturated rings. The maximum absolute atomic E-state index is 12.5. The van der Waals surface area contributed by atoms with Crippen molar-refractivity contribution in [1.82, 2.24) is 13.9 Å². The first kappa shape index (κ1) is 19.5. The van der Waals surface area contributed by atoms with E-state index in [1.54, 1.807) is 12.1 Å². The average molecular weight is 408 g/mol. The van der Waals surface area contributed by atoms with Gasteiger partial charge in [0.1, 0.15) is 17.2 Å². The summed E-state index contributed by atoms with van der Waals surface area (Å²) in [6.45, 7) is 2.68. The summed E-state index contributed by atoms with van der Waals surface area (Å²) in [7, 11) is -0.488. The molecule has 3 aromatic rings. The highest BCUT2D eigenvalue weighted by Gasteiger charge is 2.16. The second-order valence-corrected chi connectivity index (χ2v) is 9.40. The summed E-state index contributed by atoms with van der Waals surface area (Å²) in [5.74, 6) is 0.540. The lowest BCUT2D eigenvalue weighted by molar-refractivity contribution is 0.296. The van der Waals surface area contributed by atoms with E-state index in [0.29, 0.717) is 17.7 Å². The summed E-state index contributed by atoms with van der Waals surface area (Å²) >= 11 is 1.54. The van der Waals surface area contributed by atoms with Gasteiger partial charge in [0, 0.05) is 19.0 Å². The van der Waals surface area contributed by atoms with Crippen LogP contribution in [0.5, 0.6) is 5.75 Å². The van der Waals surface area contributed by atoms with Crippen LogP contribution in [0, 0.1) is 0 Å². The summed E-state index contributed by atoms with van der Waals surface area (Å²) in [5.41, 5.74) is -0.0769. The number of nitrogens with zero attached hydrogens (tertiary/aromatic N) is 3. The van der Waals surface area contributed by atoms with E-state index < -0.39 is 10.0 Å². The van der Waals surface area contributed by atoms with Crippen LogP contribution in [-0.4, -0.2) is 43.0 Å². The van der Waals surface area contributed by atoms with Gasteiger partial charge in [0.25, 0.3) is 5.56 Å². The topological polar surface area (TPSA) is 81.5 Å². The summed E-state index contributed by atoms with van der Waals surface area (Å²) in [6, 6.07) is 8.11.